The molecular weight excluding hydrogens is 272 g/mol. The third-order valence-electron chi connectivity index (χ3n) is 3.54. The van der Waals surface area contributed by atoms with E-state index >= 15 is 0 Å². The van der Waals surface area contributed by atoms with Gasteiger partial charge in [-0.25, -0.2) is 4.79 Å². The fraction of sp³-hybridized carbons (Fsp3) is 0.533. The number of hydrogen-bond acceptors (Lipinski definition) is 6. The number of rotatable bonds is 5. The first-order chi connectivity index (χ1) is 10.1. The van der Waals surface area contributed by atoms with Crippen molar-refractivity contribution in [2.45, 2.75) is 19.1 Å². The zero-order valence-electron chi connectivity index (χ0n) is 12.2. The minimum atomic E-state index is -1.56. The van der Waals surface area contributed by atoms with Crippen molar-refractivity contribution in [3.63, 3.8) is 0 Å². The molecule has 3 N–H and O–H groups in total. The summed E-state index contributed by atoms with van der Waals surface area (Å²) < 4.78 is 4.70. The molecule has 2 atom stereocenters. The molecule has 0 spiro atoms. The van der Waals surface area contributed by atoms with Gasteiger partial charge >= 0.3 is 5.97 Å². The first-order valence-electron chi connectivity index (χ1n) is 7.22. The van der Waals surface area contributed by atoms with E-state index in [9.17, 15) is 15.0 Å². The Morgan fingerprint density at radius 1 is 1.29 bits per heavy atom. The number of hydrogen-bond donors (Lipinski definition) is 3. The monoisotopic (exact) mass is 294 g/mol. The summed E-state index contributed by atoms with van der Waals surface area (Å²) in [6.07, 6.45) is -2.84. The maximum Gasteiger partial charge on any atom is 0.338 e. The fourth-order valence-corrected chi connectivity index (χ4v) is 2.34. The van der Waals surface area contributed by atoms with Crippen molar-refractivity contribution < 1.29 is 19.7 Å². The number of esters is 1. The SMILES string of the molecule is CCOC(=O)C(O)C(O)c1ccc(N2CCNCC2)cc1. The minimum Gasteiger partial charge on any atom is -0.464 e. The van der Waals surface area contributed by atoms with Gasteiger partial charge in [-0.05, 0) is 24.6 Å². The van der Waals surface area contributed by atoms with Crippen LogP contribution >= 0.6 is 0 Å². The Bertz CT molecular complexity index is 457. The number of ether oxygens (including phenoxy) is 1. The zero-order chi connectivity index (χ0) is 15.2. The summed E-state index contributed by atoms with van der Waals surface area (Å²) >= 11 is 0. The summed E-state index contributed by atoms with van der Waals surface area (Å²) in [5.74, 6) is -0.809. The van der Waals surface area contributed by atoms with Crippen LogP contribution in [0, 0.1) is 0 Å². The van der Waals surface area contributed by atoms with Gasteiger partial charge in [0.15, 0.2) is 6.10 Å². The van der Waals surface area contributed by atoms with Gasteiger partial charge < -0.3 is 25.2 Å². The number of aliphatic hydroxyl groups is 2. The highest BCUT2D eigenvalue weighted by atomic mass is 16.5. The van der Waals surface area contributed by atoms with Gasteiger partial charge in [0.2, 0.25) is 0 Å². The number of anilines is 1. The molecule has 2 rings (SSSR count). The van der Waals surface area contributed by atoms with E-state index in [1.54, 1.807) is 19.1 Å². The van der Waals surface area contributed by atoms with Crippen molar-refractivity contribution in [3.8, 4) is 0 Å². The molecule has 1 aliphatic rings. The highest BCUT2D eigenvalue weighted by Crippen LogP contribution is 2.22. The largest absolute Gasteiger partial charge is 0.464 e. The summed E-state index contributed by atoms with van der Waals surface area (Å²) in [5.41, 5.74) is 1.56. The Balaban J connectivity index is 2.02. The van der Waals surface area contributed by atoms with Gasteiger partial charge in [-0.3, -0.25) is 0 Å². The van der Waals surface area contributed by atoms with Gasteiger partial charge in [0, 0.05) is 31.9 Å². The summed E-state index contributed by atoms with van der Waals surface area (Å²) in [4.78, 5) is 13.7. The Kier molecular flexibility index (Phi) is 5.55. The molecule has 0 amide bonds. The third kappa shape index (κ3) is 3.93. The molecule has 6 heteroatoms. The van der Waals surface area contributed by atoms with Gasteiger partial charge in [0.05, 0.1) is 6.61 Å². The van der Waals surface area contributed by atoms with Crippen LogP contribution in [0.25, 0.3) is 0 Å². The van der Waals surface area contributed by atoms with Crippen molar-refractivity contribution in [2.75, 3.05) is 37.7 Å². The lowest BCUT2D eigenvalue weighted by molar-refractivity contribution is -0.159. The van der Waals surface area contributed by atoms with Gasteiger partial charge in [-0.2, -0.15) is 0 Å². The first kappa shape index (κ1) is 15.8. The molecule has 0 aliphatic carbocycles. The lowest BCUT2D eigenvalue weighted by Gasteiger charge is -2.29. The van der Waals surface area contributed by atoms with Crippen LogP contribution in [0.5, 0.6) is 0 Å². The van der Waals surface area contributed by atoms with E-state index in [-0.39, 0.29) is 6.61 Å². The average Bonchev–Trinajstić information content (AvgIpc) is 2.54. The van der Waals surface area contributed by atoms with Crippen molar-refractivity contribution >= 4 is 11.7 Å². The highest BCUT2D eigenvalue weighted by Gasteiger charge is 2.26. The minimum absolute atomic E-state index is 0.171. The zero-order valence-corrected chi connectivity index (χ0v) is 12.2. The number of nitrogens with one attached hydrogen (secondary N) is 1. The molecule has 1 saturated heterocycles. The van der Waals surface area contributed by atoms with Crippen molar-refractivity contribution in [2.24, 2.45) is 0 Å². The molecule has 0 bridgehead atoms. The highest BCUT2D eigenvalue weighted by molar-refractivity contribution is 5.75. The van der Waals surface area contributed by atoms with E-state index in [1.807, 2.05) is 12.1 Å². The van der Waals surface area contributed by atoms with Crippen LogP contribution in [0.4, 0.5) is 5.69 Å². The average molecular weight is 294 g/mol. The molecule has 1 aromatic rings. The molecular formula is C15H22N2O4. The van der Waals surface area contributed by atoms with Gasteiger partial charge in [-0.1, -0.05) is 12.1 Å². The maximum absolute atomic E-state index is 11.4. The molecule has 2 unspecified atom stereocenters. The number of carbonyl (C=O) groups excluding carboxylic acids is 1. The Morgan fingerprint density at radius 2 is 1.90 bits per heavy atom. The first-order valence-corrected chi connectivity index (χ1v) is 7.22. The molecule has 116 valence electrons. The van der Waals surface area contributed by atoms with E-state index in [4.69, 9.17) is 4.74 Å². The lowest BCUT2D eigenvalue weighted by Crippen LogP contribution is -2.43. The normalized spacial score (nSPS) is 18.1. The number of nitrogens with zero attached hydrogens (tertiary/aromatic N) is 1. The third-order valence-corrected chi connectivity index (χ3v) is 3.54. The molecule has 0 aromatic heterocycles. The van der Waals surface area contributed by atoms with E-state index < -0.39 is 18.2 Å². The van der Waals surface area contributed by atoms with Crippen molar-refractivity contribution in [1.82, 2.24) is 5.32 Å². The predicted octanol–water partition coefficient (Wildman–Crippen LogP) is 0.0536. The lowest BCUT2D eigenvalue weighted by atomic mass is 10.0. The predicted molar refractivity (Wildman–Crippen MR) is 79.1 cm³/mol. The summed E-state index contributed by atoms with van der Waals surface area (Å²) in [6.45, 7) is 5.60. The fourth-order valence-electron chi connectivity index (χ4n) is 2.34. The summed E-state index contributed by atoms with van der Waals surface area (Å²) in [6, 6.07) is 7.23. The van der Waals surface area contributed by atoms with E-state index in [0.29, 0.717) is 5.56 Å². The van der Waals surface area contributed by atoms with Crippen molar-refractivity contribution in [3.05, 3.63) is 29.8 Å². The van der Waals surface area contributed by atoms with E-state index in [2.05, 4.69) is 10.2 Å². The van der Waals surface area contributed by atoms with E-state index in [0.717, 1.165) is 31.9 Å². The Labute approximate surface area is 124 Å². The van der Waals surface area contributed by atoms with Gasteiger partial charge in [0.1, 0.15) is 6.10 Å². The second-order valence-corrected chi connectivity index (χ2v) is 4.97. The van der Waals surface area contributed by atoms with Crippen LogP contribution in [0.3, 0.4) is 0 Å². The summed E-state index contributed by atoms with van der Waals surface area (Å²) in [5, 5.41) is 23.0. The topological polar surface area (TPSA) is 82.0 Å². The molecule has 21 heavy (non-hydrogen) atoms. The quantitative estimate of drug-likeness (QED) is 0.666. The van der Waals surface area contributed by atoms with Crippen LogP contribution in [-0.4, -0.2) is 55.1 Å². The molecule has 6 nitrogen and oxygen atoms in total. The smallest absolute Gasteiger partial charge is 0.338 e. The van der Waals surface area contributed by atoms with Gasteiger partial charge in [0.25, 0.3) is 0 Å². The second kappa shape index (κ2) is 7.40. The molecule has 1 fully saturated rings. The number of carbonyl (C=O) groups is 1. The summed E-state index contributed by atoms with van der Waals surface area (Å²) in [7, 11) is 0. The molecule has 1 aliphatic heterocycles. The Morgan fingerprint density at radius 3 is 2.48 bits per heavy atom. The van der Waals surface area contributed by atoms with E-state index in [1.165, 1.54) is 0 Å². The number of benzene rings is 1. The molecule has 0 radical (unpaired) electrons. The van der Waals surface area contributed by atoms with Crippen LogP contribution in [-0.2, 0) is 9.53 Å². The van der Waals surface area contributed by atoms with Crippen LogP contribution in [0.1, 0.15) is 18.6 Å². The molecule has 1 heterocycles. The standard InChI is InChI=1S/C15H22N2O4/c1-2-21-15(20)14(19)13(18)11-3-5-12(6-4-11)17-9-7-16-8-10-17/h3-6,13-14,16,18-19H,2,7-10H2,1H3. The van der Waals surface area contributed by atoms with Crippen LogP contribution < -0.4 is 10.2 Å². The number of aliphatic hydroxyl groups excluding tert-OH is 2. The Hall–Kier alpha value is -1.63. The van der Waals surface area contributed by atoms with Gasteiger partial charge in [-0.15, -0.1) is 0 Å². The molecule has 0 saturated carbocycles. The number of piperazine rings is 1. The van der Waals surface area contributed by atoms with Crippen LogP contribution in [0.15, 0.2) is 24.3 Å². The van der Waals surface area contributed by atoms with Crippen molar-refractivity contribution in [1.29, 1.82) is 0 Å². The maximum atomic E-state index is 11.4. The molecule has 1 aromatic carbocycles. The van der Waals surface area contributed by atoms with Crippen LogP contribution in [0.2, 0.25) is 0 Å². The second-order valence-electron chi connectivity index (χ2n) is 4.97.